The molecule has 0 aromatic heterocycles. The largest absolute Gasteiger partial charge is 0.312 e. The van der Waals surface area contributed by atoms with Gasteiger partial charge in [-0.25, -0.2) is 8.42 Å². The summed E-state index contributed by atoms with van der Waals surface area (Å²) in [6.45, 7) is 9.41. The van der Waals surface area contributed by atoms with E-state index >= 15 is 0 Å². The molecule has 0 radical (unpaired) electrons. The summed E-state index contributed by atoms with van der Waals surface area (Å²) in [5.41, 5.74) is 1.07. The fraction of sp³-hybridized carbons (Fsp3) is 0.625. The number of rotatable bonds is 4. The van der Waals surface area contributed by atoms with Crippen molar-refractivity contribution in [2.24, 2.45) is 5.92 Å². The molecule has 1 N–H and O–H groups in total. The molecule has 0 saturated heterocycles. The minimum atomic E-state index is -3.09. The number of hydrogen-bond donors (Lipinski definition) is 1. The number of nitrogens with one attached hydrogen (secondary N) is 1. The Morgan fingerprint density at radius 2 is 1.95 bits per heavy atom. The van der Waals surface area contributed by atoms with Crippen molar-refractivity contribution in [2.45, 2.75) is 50.5 Å². The zero-order valence-electron chi connectivity index (χ0n) is 12.8. The molecule has 3 nitrogen and oxygen atoms in total. The Bertz CT molecular complexity index is 572. The molecule has 4 heteroatoms. The highest BCUT2D eigenvalue weighted by atomic mass is 32.2. The molecule has 2 atom stereocenters. The molecule has 20 heavy (non-hydrogen) atoms. The molecule has 112 valence electrons. The Hall–Kier alpha value is -0.870. The van der Waals surface area contributed by atoms with E-state index in [4.69, 9.17) is 0 Å². The predicted molar refractivity (Wildman–Crippen MR) is 82.8 cm³/mol. The lowest BCUT2D eigenvalue weighted by Crippen LogP contribution is -2.40. The summed E-state index contributed by atoms with van der Waals surface area (Å²) in [6.07, 6.45) is 0.984. The van der Waals surface area contributed by atoms with Crippen LogP contribution in [0.2, 0.25) is 0 Å². The van der Waals surface area contributed by atoms with Crippen molar-refractivity contribution >= 4 is 9.84 Å². The van der Waals surface area contributed by atoms with Gasteiger partial charge in [-0.15, -0.1) is 0 Å². The first kappa shape index (κ1) is 15.5. The Morgan fingerprint density at radius 3 is 2.55 bits per heavy atom. The van der Waals surface area contributed by atoms with Gasteiger partial charge in [-0.05, 0) is 44.9 Å². The number of hydrogen-bond acceptors (Lipinski definition) is 3. The third kappa shape index (κ3) is 3.23. The second-order valence-electron chi connectivity index (χ2n) is 6.72. The zero-order chi connectivity index (χ0) is 15.0. The topological polar surface area (TPSA) is 46.2 Å². The summed E-state index contributed by atoms with van der Waals surface area (Å²) < 4.78 is 24.5. The van der Waals surface area contributed by atoms with Crippen LogP contribution in [0.15, 0.2) is 29.2 Å². The SMILES string of the molecule is CCC(CNC(C)(C)C)C1CS(=O)(=O)c2ccccc21. The smallest absolute Gasteiger partial charge is 0.179 e. The van der Waals surface area contributed by atoms with E-state index < -0.39 is 9.84 Å². The maximum Gasteiger partial charge on any atom is 0.179 e. The fourth-order valence-electron chi connectivity index (χ4n) is 2.88. The summed E-state index contributed by atoms with van der Waals surface area (Å²) in [5.74, 6) is 0.736. The number of benzene rings is 1. The quantitative estimate of drug-likeness (QED) is 0.929. The van der Waals surface area contributed by atoms with Crippen molar-refractivity contribution in [1.82, 2.24) is 5.32 Å². The number of sulfone groups is 1. The van der Waals surface area contributed by atoms with Crippen molar-refractivity contribution in [3.8, 4) is 0 Å². The van der Waals surface area contributed by atoms with Crippen LogP contribution in [0.25, 0.3) is 0 Å². The second-order valence-corrected chi connectivity index (χ2v) is 8.73. The standard InChI is InChI=1S/C16H25NO2S/c1-5-12(10-17-16(2,3)4)14-11-20(18,19)15-9-7-6-8-13(14)15/h6-9,12,14,17H,5,10-11H2,1-4H3. The van der Waals surface area contributed by atoms with E-state index in [0.717, 1.165) is 18.5 Å². The highest BCUT2D eigenvalue weighted by molar-refractivity contribution is 7.91. The van der Waals surface area contributed by atoms with Crippen molar-refractivity contribution < 1.29 is 8.42 Å². The normalized spacial score (nSPS) is 22.5. The lowest BCUT2D eigenvalue weighted by atomic mass is 9.85. The molecule has 0 aliphatic carbocycles. The van der Waals surface area contributed by atoms with E-state index in [1.807, 2.05) is 18.2 Å². The summed E-state index contributed by atoms with van der Waals surface area (Å²) in [7, 11) is -3.09. The molecule has 2 unspecified atom stereocenters. The summed E-state index contributed by atoms with van der Waals surface area (Å²) in [4.78, 5) is 0.541. The minimum absolute atomic E-state index is 0.0599. The molecule has 0 amide bonds. The van der Waals surface area contributed by atoms with E-state index in [9.17, 15) is 8.42 Å². The average molecular weight is 295 g/mol. The van der Waals surface area contributed by atoms with Gasteiger partial charge in [0.1, 0.15) is 0 Å². The van der Waals surface area contributed by atoms with Crippen LogP contribution in [0.3, 0.4) is 0 Å². The molecule has 0 fully saturated rings. The van der Waals surface area contributed by atoms with Gasteiger partial charge >= 0.3 is 0 Å². The first-order valence-corrected chi connectivity index (χ1v) is 8.96. The molecule has 2 rings (SSSR count). The van der Waals surface area contributed by atoms with Crippen molar-refractivity contribution in [1.29, 1.82) is 0 Å². The van der Waals surface area contributed by atoms with Gasteiger partial charge in [0.05, 0.1) is 10.6 Å². The molecule has 0 bridgehead atoms. The van der Waals surface area contributed by atoms with Crippen LogP contribution in [0.5, 0.6) is 0 Å². The van der Waals surface area contributed by atoms with Crippen LogP contribution < -0.4 is 5.32 Å². The van der Waals surface area contributed by atoms with Gasteiger partial charge in [-0.2, -0.15) is 0 Å². The molecule has 1 aromatic carbocycles. The van der Waals surface area contributed by atoms with E-state index in [1.165, 1.54) is 0 Å². The lowest BCUT2D eigenvalue weighted by molar-refractivity contribution is 0.338. The van der Waals surface area contributed by atoms with Gasteiger partial charge in [0.15, 0.2) is 9.84 Å². The van der Waals surface area contributed by atoms with Gasteiger partial charge in [0.25, 0.3) is 0 Å². The van der Waals surface area contributed by atoms with Crippen molar-refractivity contribution in [3.63, 3.8) is 0 Å². The molecule has 1 aromatic rings. The van der Waals surface area contributed by atoms with Gasteiger partial charge < -0.3 is 5.32 Å². The minimum Gasteiger partial charge on any atom is -0.312 e. The second kappa shape index (κ2) is 5.49. The molecule has 0 saturated carbocycles. The molecule has 1 heterocycles. The molecule has 1 aliphatic heterocycles. The Balaban J connectivity index is 2.25. The summed E-state index contributed by atoms with van der Waals surface area (Å²) in [5, 5.41) is 3.51. The molecular formula is C16H25NO2S. The monoisotopic (exact) mass is 295 g/mol. The average Bonchev–Trinajstić information content (AvgIpc) is 2.62. The van der Waals surface area contributed by atoms with E-state index in [0.29, 0.717) is 10.8 Å². The lowest BCUT2D eigenvalue weighted by Gasteiger charge is -2.28. The fourth-order valence-corrected chi connectivity index (χ4v) is 4.85. The van der Waals surface area contributed by atoms with Gasteiger partial charge in [-0.3, -0.25) is 0 Å². The molecular weight excluding hydrogens is 270 g/mol. The van der Waals surface area contributed by atoms with Crippen LogP contribution in [-0.2, 0) is 9.84 Å². The highest BCUT2D eigenvalue weighted by Crippen LogP contribution is 2.40. The van der Waals surface area contributed by atoms with E-state index in [-0.39, 0.29) is 17.2 Å². The van der Waals surface area contributed by atoms with Gasteiger partial charge in [0.2, 0.25) is 0 Å². The van der Waals surface area contributed by atoms with E-state index in [2.05, 4.69) is 33.0 Å². The third-order valence-electron chi connectivity index (χ3n) is 4.04. The Kier molecular flexibility index (Phi) is 4.26. The maximum absolute atomic E-state index is 12.3. The Labute approximate surface area is 122 Å². The van der Waals surface area contributed by atoms with Gasteiger partial charge in [-0.1, -0.05) is 31.5 Å². The van der Waals surface area contributed by atoms with E-state index in [1.54, 1.807) is 6.07 Å². The first-order chi connectivity index (χ1) is 9.24. The predicted octanol–water partition coefficient (Wildman–Crippen LogP) is 2.97. The summed E-state index contributed by atoms with van der Waals surface area (Å²) >= 11 is 0. The van der Waals surface area contributed by atoms with Crippen LogP contribution in [0.1, 0.15) is 45.6 Å². The zero-order valence-corrected chi connectivity index (χ0v) is 13.6. The van der Waals surface area contributed by atoms with Crippen LogP contribution in [0.4, 0.5) is 0 Å². The van der Waals surface area contributed by atoms with Crippen LogP contribution in [-0.4, -0.2) is 26.3 Å². The third-order valence-corrected chi connectivity index (χ3v) is 5.88. The molecule has 1 aliphatic rings. The maximum atomic E-state index is 12.3. The Morgan fingerprint density at radius 1 is 1.30 bits per heavy atom. The summed E-state index contributed by atoms with van der Waals surface area (Å²) in [6, 6.07) is 7.47. The van der Waals surface area contributed by atoms with Crippen molar-refractivity contribution in [2.75, 3.05) is 12.3 Å². The highest BCUT2D eigenvalue weighted by Gasteiger charge is 2.38. The van der Waals surface area contributed by atoms with Crippen molar-refractivity contribution in [3.05, 3.63) is 29.8 Å². The van der Waals surface area contributed by atoms with Crippen LogP contribution in [0, 0.1) is 5.92 Å². The first-order valence-electron chi connectivity index (χ1n) is 7.31. The molecule has 0 spiro atoms. The number of fused-ring (bicyclic) bond motifs is 1. The van der Waals surface area contributed by atoms with Crippen LogP contribution >= 0.6 is 0 Å². The van der Waals surface area contributed by atoms with Gasteiger partial charge in [0, 0.05) is 11.5 Å².